The highest BCUT2D eigenvalue weighted by molar-refractivity contribution is 7.99. The van der Waals surface area contributed by atoms with Crippen LogP contribution >= 0.6 is 11.8 Å². The van der Waals surface area contributed by atoms with Crippen LogP contribution in [0.4, 0.5) is 0 Å². The van der Waals surface area contributed by atoms with Crippen LogP contribution in [0.3, 0.4) is 0 Å². The summed E-state index contributed by atoms with van der Waals surface area (Å²) in [6.07, 6.45) is 7.46. The van der Waals surface area contributed by atoms with E-state index in [1.807, 2.05) is 27.7 Å². The number of nitrogens with zero attached hydrogens (tertiary/aromatic N) is 5. The van der Waals surface area contributed by atoms with Crippen LogP contribution in [-0.4, -0.2) is 49.4 Å². The number of hydrogen-bond acceptors (Lipinski definition) is 5. The molecule has 2 aromatic rings. The second kappa shape index (κ2) is 8.29. The van der Waals surface area contributed by atoms with Gasteiger partial charge in [0.25, 0.3) is 0 Å². The molecule has 0 unspecified atom stereocenters. The second-order valence-corrected chi connectivity index (χ2v) is 7.24. The molecule has 1 aliphatic rings. The number of hydrogen-bond donors (Lipinski definition) is 0. The molecule has 0 radical (unpaired) electrons. The largest absolute Gasteiger partial charge is 0.342 e. The average molecular weight is 357 g/mol. The van der Waals surface area contributed by atoms with Crippen LogP contribution in [0.2, 0.25) is 0 Å². The summed E-state index contributed by atoms with van der Waals surface area (Å²) >= 11 is 1.44. The molecule has 3 heterocycles. The van der Waals surface area contributed by atoms with Crippen molar-refractivity contribution in [2.24, 2.45) is 5.92 Å². The number of piperidine rings is 1. The molecule has 1 aliphatic heterocycles. The minimum absolute atomic E-state index is 0.176. The first-order valence-corrected chi connectivity index (χ1v) is 9.52. The van der Waals surface area contributed by atoms with E-state index in [0.717, 1.165) is 48.4 Å². The Labute approximate surface area is 152 Å². The normalized spacial score (nSPS) is 15.3. The number of pyridine rings is 1. The van der Waals surface area contributed by atoms with Gasteiger partial charge in [0.05, 0.1) is 5.75 Å². The fourth-order valence-corrected chi connectivity index (χ4v) is 3.73. The molecule has 0 aliphatic carbocycles. The SMILES string of the molecule is C=CCn1c(SCC(=O)N2CCC(C)CC2)nnc1-c1ccncc1. The van der Waals surface area contributed by atoms with Gasteiger partial charge in [-0.25, -0.2) is 0 Å². The number of carbonyl (C=O) groups excluding carboxylic acids is 1. The Balaban J connectivity index is 1.69. The lowest BCUT2D eigenvalue weighted by molar-refractivity contribution is -0.129. The highest BCUT2D eigenvalue weighted by Gasteiger charge is 2.21. The summed E-state index contributed by atoms with van der Waals surface area (Å²) in [6, 6.07) is 3.80. The van der Waals surface area contributed by atoms with Crippen LogP contribution in [0.15, 0.2) is 42.3 Å². The minimum atomic E-state index is 0.176. The van der Waals surface area contributed by atoms with Crippen LogP contribution in [-0.2, 0) is 11.3 Å². The Hall–Kier alpha value is -2.15. The van der Waals surface area contributed by atoms with E-state index in [-0.39, 0.29) is 5.91 Å². The van der Waals surface area contributed by atoms with Gasteiger partial charge in [-0.15, -0.1) is 16.8 Å². The third-order valence-electron chi connectivity index (χ3n) is 4.43. The number of likely N-dealkylation sites (tertiary alicyclic amines) is 1. The first-order chi connectivity index (χ1) is 12.2. The Morgan fingerprint density at radius 1 is 1.32 bits per heavy atom. The van der Waals surface area contributed by atoms with E-state index >= 15 is 0 Å². The maximum absolute atomic E-state index is 12.4. The van der Waals surface area contributed by atoms with E-state index in [1.165, 1.54) is 11.8 Å². The summed E-state index contributed by atoms with van der Waals surface area (Å²) in [6.45, 7) is 8.39. The zero-order valence-corrected chi connectivity index (χ0v) is 15.3. The van der Waals surface area contributed by atoms with Crippen LogP contribution in [0, 0.1) is 5.92 Å². The third-order valence-corrected chi connectivity index (χ3v) is 5.38. The summed E-state index contributed by atoms with van der Waals surface area (Å²) < 4.78 is 1.98. The van der Waals surface area contributed by atoms with Crippen molar-refractivity contribution in [3.05, 3.63) is 37.2 Å². The lowest BCUT2D eigenvalue weighted by Crippen LogP contribution is -2.38. The molecular formula is C18H23N5OS. The summed E-state index contributed by atoms with van der Waals surface area (Å²) in [4.78, 5) is 18.4. The molecule has 6 nitrogen and oxygen atoms in total. The van der Waals surface area contributed by atoms with E-state index < -0.39 is 0 Å². The smallest absolute Gasteiger partial charge is 0.233 e. The van der Waals surface area contributed by atoms with E-state index in [2.05, 4.69) is 28.7 Å². The average Bonchev–Trinajstić information content (AvgIpc) is 3.04. The number of thioether (sulfide) groups is 1. The highest BCUT2D eigenvalue weighted by atomic mass is 32.2. The summed E-state index contributed by atoms with van der Waals surface area (Å²) in [5, 5.41) is 9.32. The van der Waals surface area contributed by atoms with E-state index in [4.69, 9.17) is 0 Å². The molecule has 0 spiro atoms. The molecule has 0 saturated carbocycles. The molecule has 1 amide bonds. The van der Waals surface area contributed by atoms with Crippen LogP contribution in [0.5, 0.6) is 0 Å². The summed E-state index contributed by atoms with van der Waals surface area (Å²) in [5.41, 5.74) is 0.951. The maximum atomic E-state index is 12.4. The number of amides is 1. The minimum Gasteiger partial charge on any atom is -0.342 e. The molecule has 25 heavy (non-hydrogen) atoms. The Kier molecular flexibility index (Phi) is 5.86. The van der Waals surface area contributed by atoms with Crippen molar-refractivity contribution in [3.8, 4) is 11.4 Å². The van der Waals surface area contributed by atoms with E-state index in [0.29, 0.717) is 12.3 Å². The lowest BCUT2D eigenvalue weighted by Gasteiger charge is -2.30. The Bertz CT molecular complexity index is 722. The van der Waals surface area contributed by atoms with Gasteiger partial charge in [0.1, 0.15) is 0 Å². The van der Waals surface area contributed by atoms with E-state index in [9.17, 15) is 4.79 Å². The van der Waals surface area contributed by atoms with Crippen molar-refractivity contribution >= 4 is 17.7 Å². The van der Waals surface area contributed by atoms with Gasteiger partial charge in [0.2, 0.25) is 5.91 Å². The molecule has 0 N–H and O–H groups in total. The molecule has 0 bridgehead atoms. The highest BCUT2D eigenvalue weighted by Crippen LogP contribution is 2.24. The van der Waals surface area contributed by atoms with Gasteiger partial charge in [0.15, 0.2) is 11.0 Å². The van der Waals surface area contributed by atoms with Gasteiger partial charge in [0, 0.05) is 37.6 Å². The van der Waals surface area contributed by atoms with Crippen molar-refractivity contribution in [1.29, 1.82) is 0 Å². The number of rotatable bonds is 6. The van der Waals surface area contributed by atoms with Gasteiger partial charge in [-0.05, 0) is 30.9 Å². The zero-order chi connectivity index (χ0) is 17.6. The quantitative estimate of drug-likeness (QED) is 0.587. The Morgan fingerprint density at radius 3 is 2.72 bits per heavy atom. The van der Waals surface area contributed by atoms with Crippen molar-refractivity contribution < 1.29 is 4.79 Å². The monoisotopic (exact) mass is 357 g/mol. The van der Waals surface area contributed by atoms with Crippen LogP contribution < -0.4 is 0 Å². The molecule has 1 fully saturated rings. The van der Waals surface area contributed by atoms with Crippen LogP contribution in [0.25, 0.3) is 11.4 Å². The summed E-state index contributed by atoms with van der Waals surface area (Å²) in [5.74, 6) is 2.05. The molecule has 1 saturated heterocycles. The maximum Gasteiger partial charge on any atom is 0.233 e. The van der Waals surface area contributed by atoms with E-state index in [1.54, 1.807) is 12.4 Å². The standard InChI is InChI=1S/C18H23N5OS/c1-3-10-23-17(15-4-8-19-9-5-15)20-21-18(23)25-13-16(24)22-11-6-14(2)7-12-22/h3-5,8-9,14H,1,6-7,10-13H2,2H3. The predicted molar refractivity (Wildman–Crippen MR) is 99.2 cm³/mol. The molecule has 132 valence electrons. The lowest BCUT2D eigenvalue weighted by atomic mass is 9.99. The fraction of sp³-hybridized carbons (Fsp3) is 0.444. The van der Waals surface area contributed by atoms with Crippen molar-refractivity contribution in [2.75, 3.05) is 18.8 Å². The zero-order valence-electron chi connectivity index (χ0n) is 14.5. The molecular weight excluding hydrogens is 334 g/mol. The fourth-order valence-electron chi connectivity index (χ4n) is 2.88. The number of allylic oxidation sites excluding steroid dienone is 1. The molecule has 0 aromatic carbocycles. The third kappa shape index (κ3) is 4.28. The molecule has 7 heteroatoms. The van der Waals surface area contributed by atoms with Gasteiger partial charge in [-0.1, -0.05) is 24.8 Å². The van der Waals surface area contributed by atoms with Gasteiger partial charge >= 0.3 is 0 Å². The number of aromatic nitrogens is 4. The van der Waals surface area contributed by atoms with Gasteiger partial charge in [-0.2, -0.15) is 0 Å². The molecule has 2 aromatic heterocycles. The molecule has 0 atom stereocenters. The molecule has 3 rings (SSSR count). The van der Waals surface area contributed by atoms with Crippen molar-refractivity contribution in [1.82, 2.24) is 24.6 Å². The predicted octanol–water partition coefficient (Wildman–Crippen LogP) is 2.88. The first kappa shape index (κ1) is 17.7. The Morgan fingerprint density at radius 2 is 2.04 bits per heavy atom. The van der Waals surface area contributed by atoms with Crippen LogP contribution in [0.1, 0.15) is 19.8 Å². The van der Waals surface area contributed by atoms with Crippen molar-refractivity contribution in [3.63, 3.8) is 0 Å². The summed E-state index contributed by atoms with van der Waals surface area (Å²) in [7, 11) is 0. The van der Waals surface area contributed by atoms with Gasteiger partial charge in [-0.3, -0.25) is 14.3 Å². The number of carbonyl (C=O) groups is 1. The van der Waals surface area contributed by atoms with Gasteiger partial charge < -0.3 is 4.90 Å². The van der Waals surface area contributed by atoms with Crippen molar-refractivity contribution in [2.45, 2.75) is 31.5 Å². The first-order valence-electron chi connectivity index (χ1n) is 8.54. The second-order valence-electron chi connectivity index (χ2n) is 6.29. The topological polar surface area (TPSA) is 63.9 Å².